The predicted octanol–water partition coefficient (Wildman–Crippen LogP) is 0.776. The standard InChI is InChI=1S/C14H20N4OS/c1-15-14(20)17-16-13(19)12-8-5-9-18(12)10-11-6-3-2-4-7-11/h2-4,6-7,12H,5,8-10H2,1H3,(H,16,19)(H2,15,17,20)/t12-/m0/s1. The Kier molecular flexibility index (Phi) is 5.31. The summed E-state index contributed by atoms with van der Waals surface area (Å²) in [6, 6.07) is 10.1. The lowest BCUT2D eigenvalue weighted by Gasteiger charge is -2.24. The topological polar surface area (TPSA) is 56.4 Å². The molecule has 0 bridgehead atoms. The van der Waals surface area contributed by atoms with Crippen LogP contribution in [0.25, 0.3) is 0 Å². The first kappa shape index (κ1) is 14.7. The molecule has 0 radical (unpaired) electrons. The number of carbonyl (C=O) groups is 1. The van der Waals surface area contributed by atoms with E-state index in [-0.39, 0.29) is 11.9 Å². The van der Waals surface area contributed by atoms with E-state index >= 15 is 0 Å². The van der Waals surface area contributed by atoms with Crippen molar-refractivity contribution in [3.05, 3.63) is 35.9 Å². The van der Waals surface area contributed by atoms with E-state index in [0.29, 0.717) is 5.11 Å². The van der Waals surface area contributed by atoms with Gasteiger partial charge in [0.15, 0.2) is 5.11 Å². The lowest BCUT2D eigenvalue weighted by atomic mass is 10.2. The SMILES string of the molecule is CNC(=S)NNC(=O)[C@@H]1CCCN1Cc1ccccc1. The molecule has 1 amide bonds. The molecule has 1 aliphatic heterocycles. The van der Waals surface area contributed by atoms with Crippen molar-refractivity contribution < 1.29 is 4.79 Å². The minimum absolute atomic E-state index is 0.0315. The van der Waals surface area contributed by atoms with Gasteiger partial charge in [0.05, 0.1) is 6.04 Å². The largest absolute Gasteiger partial charge is 0.364 e. The first-order valence-electron chi connectivity index (χ1n) is 6.76. The number of likely N-dealkylation sites (tertiary alicyclic amines) is 1. The lowest BCUT2D eigenvalue weighted by molar-refractivity contribution is -0.126. The zero-order chi connectivity index (χ0) is 14.4. The van der Waals surface area contributed by atoms with Gasteiger partial charge in [0, 0.05) is 13.6 Å². The zero-order valence-corrected chi connectivity index (χ0v) is 12.4. The molecular weight excluding hydrogens is 272 g/mol. The van der Waals surface area contributed by atoms with Crippen LogP contribution in [0.1, 0.15) is 18.4 Å². The molecule has 0 unspecified atom stereocenters. The number of nitrogens with zero attached hydrogens (tertiary/aromatic N) is 1. The van der Waals surface area contributed by atoms with Crippen LogP contribution in [0.4, 0.5) is 0 Å². The number of amides is 1. The van der Waals surface area contributed by atoms with Gasteiger partial charge in [-0.15, -0.1) is 0 Å². The van der Waals surface area contributed by atoms with Crippen molar-refractivity contribution in [3.8, 4) is 0 Å². The van der Waals surface area contributed by atoms with Gasteiger partial charge in [-0.05, 0) is 37.2 Å². The van der Waals surface area contributed by atoms with Gasteiger partial charge in [0.1, 0.15) is 0 Å². The summed E-state index contributed by atoms with van der Waals surface area (Å²) in [7, 11) is 1.71. The fourth-order valence-corrected chi connectivity index (χ4v) is 2.45. The van der Waals surface area contributed by atoms with Gasteiger partial charge in [-0.2, -0.15) is 0 Å². The molecule has 108 valence electrons. The number of hydrogen-bond acceptors (Lipinski definition) is 3. The number of thiocarbonyl (C=S) groups is 1. The minimum Gasteiger partial charge on any atom is -0.364 e. The van der Waals surface area contributed by atoms with Crippen molar-refractivity contribution in [1.82, 2.24) is 21.1 Å². The van der Waals surface area contributed by atoms with E-state index in [1.807, 2.05) is 18.2 Å². The Morgan fingerprint density at radius 2 is 2.10 bits per heavy atom. The van der Waals surface area contributed by atoms with Crippen molar-refractivity contribution in [3.63, 3.8) is 0 Å². The van der Waals surface area contributed by atoms with Crippen LogP contribution in [0.5, 0.6) is 0 Å². The molecule has 5 nitrogen and oxygen atoms in total. The number of nitrogens with one attached hydrogen (secondary N) is 3. The molecule has 1 aromatic rings. The first-order chi connectivity index (χ1) is 9.70. The molecule has 0 saturated carbocycles. The second-order valence-electron chi connectivity index (χ2n) is 4.81. The highest BCUT2D eigenvalue weighted by Crippen LogP contribution is 2.19. The van der Waals surface area contributed by atoms with Crippen LogP contribution in [0.15, 0.2) is 30.3 Å². The Balaban J connectivity index is 1.90. The monoisotopic (exact) mass is 292 g/mol. The highest BCUT2D eigenvalue weighted by molar-refractivity contribution is 7.80. The molecule has 1 saturated heterocycles. The molecule has 1 fully saturated rings. The van der Waals surface area contributed by atoms with Gasteiger partial charge in [0.2, 0.25) is 0 Å². The summed E-state index contributed by atoms with van der Waals surface area (Å²) in [6.07, 6.45) is 1.92. The van der Waals surface area contributed by atoms with Gasteiger partial charge in [-0.1, -0.05) is 30.3 Å². The smallest absolute Gasteiger partial charge is 0.255 e. The molecule has 2 rings (SSSR count). The quantitative estimate of drug-likeness (QED) is 0.568. The maximum atomic E-state index is 12.2. The molecule has 1 atom stereocenters. The second kappa shape index (κ2) is 7.21. The number of rotatable bonds is 3. The van der Waals surface area contributed by atoms with Crippen LogP contribution in [0.3, 0.4) is 0 Å². The minimum atomic E-state index is -0.0950. The summed E-state index contributed by atoms with van der Waals surface area (Å²) in [4.78, 5) is 14.4. The van der Waals surface area contributed by atoms with E-state index < -0.39 is 0 Å². The van der Waals surface area contributed by atoms with Crippen molar-refractivity contribution in [2.45, 2.75) is 25.4 Å². The fraction of sp³-hybridized carbons (Fsp3) is 0.429. The van der Waals surface area contributed by atoms with Crippen molar-refractivity contribution >= 4 is 23.2 Å². The average molecular weight is 292 g/mol. The van der Waals surface area contributed by atoms with Gasteiger partial charge in [0.25, 0.3) is 5.91 Å². The van der Waals surface area contributed by atoms with Crippen LogP contribution < -0.4 is 16.2 Å². The molecule has 3 N–H and O–H groups in total. The Labute approximate surface area is 124 Å². The number of carbonyl (C=O) groups excluding carboxylic acids is 1. The molecule has 1 aromatic carbocycles. The Morgan fingerprint density at radius 1 is 1.35 bits per heavy atom. The lowest BCUT2D eigenvalue weighted by Crippen LogP contribution is -2.52. The molecular formula is C14H20N4OS. The van der Waals surface area contributed by atoms with Crippen molar-refractivity contribution in [2.75, 3.05) is 13.6 Å². The summed E-state index contributed by atoms with van der Waals surface area (Å²) in [5, 5.41) is 3.16. The van der Waals surface area contributed by atoms with E-state index in [1.54, 1.807) is 7.05 Å². The summed E-state index contributed by atoms with van der Waals surface area (Å²) in [5.41, 5.74) is 6.57. The zero-order valence-electron chi connectivity index (χ0n) is 11.6. The van der Waals surface area contributed by atoms with Gasteiger partial charge in [-0.25, -0.2) is 0 Å². The first-order valence-corrected chi connectivity index (χ1v) is 7.17. The van der Waals surface area contributed by atoms with E-state index in [9.17, 15) is 4.79 Å². The van der Waals surface area contributed by atoms with Crippen molar-refractivity contribution in [1.29, 1.82) is 0 Å². The Morgan fingerprint density at radius 3 is 2.80 bits per heavy atom. The number of hydrazine groups is 1. The maximum absolute atomic E-state index is 12.2. The number of benzene rings is 1. The molecule has 1 heterocycles. The third-order valence-electron chi connectivity index (χ3n) is 3.42. The van der Waals surface area contributed by atoms with Crippen LogP contribution in [0, 0.1) is 0 Å². The highest BCUT2D eigenvalue weighted by atomic mass is 32.1. The summed E-state index contributed by atoms with van der Waals surface area (Å²) < 4.78 is 0. The summed E-state index contributed by atoms with van der Waals surface area (Å²) in [5.74, 6) is -0.0315. The van der Waals surface area contributed by atoms with Crippen LogP contribution in [0.2, 0.25) is 0 Å². The van der Waals surface area contributed by atoms with Crippen molar-refractivity contribution in [2.24, 2.45) is 0 Å². The predicted molar refractivity (Wildman–Crippen MR) is 82.8 cm³/mol. The van der Waals surface area contributed by atoms with E-state index in [2.05, 4.69) is 33.2 Å². The fourth-order valence-electron chi connectivity index (χ4n) is 2.39. The van der Waals surface area contributed by atoms with Crippen LogP contribution in [-0.2, 0) is 11.3 Å². The van der Waals surface area contributed by atoms with Gasteiger partial charge in [-0.3, -0.25) is 20.5 Å². The van der Waals surface area contributed by atoms with Gasteiger partial charge >= 0.3 is 0 Å². The van der Waals surface area contributed by atoms with Gasteiger partial charge < -0.3 is 5.32 Å². The summed E-state index contributed by atoms with van der Waals surface area (Å²) in [6.45, 7) is 1.75. The molecule has 0 spiro atoms. The average Bonchev–Trinajstić information content (AvgIpc) is 2.93. The molecule has 1 aliphatic rings. The second-order valence-corrected chi connectivity index (χ2v) is 5.22. The Hall–Kier alpha value is -1.66. The molecule has 0 aliphatic carbocycles. The van der Waals surface area contributed by atoms with Crippen LogP contribution >= 0.6 is 12.2 Å². The van der Waals surface area contributed by atoms with E-state index in [0.717, 1.165) is 25.9 Å². The summed E-state index contributed by atoms with van der Waals surface area (Å²) >= 11 is 4.93. The van der Waals surface area contributed by atoms with E-state index in [1.165, 1.54) is 5.56 Å². The third-order valence-corrected chi connectivity index (χ3v) is 3.73. The maximum Gasteiger partial charge on any atom is 0.255 e. The third kappa shape index (κ3) is 3.91. The molecule has 6 heteroatoms. The molecule has 0 aromatic heterocycles. The van der Waals surface area contributed by atoms with E-state index in [4.69, 9.17) is 12.2 Å². The van der Waals surface area contributed by atoms with Crippen LogP contribution in [-0.4, -0.2) is 35.6 Å². The highest BCUT2D eigenvalue weighted by Gasteiger charge is 2.30. The number of hydrogen-bond donors (Lipinski definition) is 3. The normalized spacial score (nSPS) is 18.6. The molecule has 20 heavy (non-hydrogen) atoms. The Bertz CT molecular complexity index is 466.